The third-order valence-electron chi connectivity index (χ3n) is 4.52. The highest BCUT2D eigenvalue weighted by molar-refractivity contribution is 5.67. The van der Waals surface area contributed by atoms with Crippen LogP contribution in [-0.4, -0.2) is 55.0 Å². The number of hydrogen-bond acceptors (Lipinski definition) is 4. The molecule has 1 saturated heterocycles. The number of likely N-dealkylation sites (tertiary alicyclic amines) is 1. The van der Waals surface area contributed by atoms with E-state index < -0.39 is 0 Å². The van der Waals surface area contributed by atoms with Crippen molar-refractivity contribution in [2.45, 2.75) is 44.8 Å². The maximum absolute atomic E-state index is 11.7. The number of carbonyl (C=O) groups excluding carboxylic acids is 1. The number of hydrogen-bond donors (Lipinski definition) is 2. The summed E-state index contributed by atoms with van der Waals surface area (Å²) in [6.45, 7) is 4.11. The lowest BCUT2D eigenvalue weighted by molar-refractivity contribution is 0.0414. The lowest BCUT2D eigenvalue weighted by atomic mass is 9.84. The number of piperidine rings is 1. The standard InChI is InChI=1S/C14H26N2O3/c1-10(17)12-6-13(15-7-11-4-3-5-11)9-16(8-12)14(18)19-2/h10-13,15,17H,3-9H2,1-2H3. The van der Waals surface area contributed by atoms with Gasteiger partial charge in [-0.15, -0.1) is 0 Å². The Morgan fingerprint density at radius 1 is 1.47 bits per heavy atom. The van der Waals surface area contributed by atoms with E-state index in [4.69, 9.17) is 4.74 Å². The molecule has 1 heterocycles. The fourth-order valence-corrected chi connectivity index (χ4v) is 2.94. The second kappa shape index (κ2) is 6.57. The van der Waals surface area contributed by atoms with Crippen LogP contribution in [0.3, 0.4) is 0 Å². The van der Waals surface area contributed by atoms with E-state index in [1.165, 1.54) is 26.4 Å². The zero-order valence-corrected chi connectivity index (χ0v) is 12.0. The first-order valence-electron chi connectivity index (χ1n) is 7.34. The van der Waals surface area contributed by atoms with Gasteiger partial charge in [-0.3, -0.25) is 0 Å². The van der Waals surface area contributed by atoms with E-state index in [1.807, 2.05) is 0 Å². The molecule has 2 rings (SSSR count). The van der Waals surface area contributed by atoms with E-state index >= 15 is 0 Å². The molecule has 0 aromatic heterocycles. The number of aliphatic hydroxyl groups is 1. The molecule has 3 atom stereocenters. The molecule has 19 heavy (non-hydrogen) atoms. The van der Waals surface area contributed by atoms with Crippen LogP contribution in [0, 0.1) is 11.8 Å². The van der Waals surface area contributed by atoms with Crippen LogP contribution in [0.15, 0.2) is 0 Å². The van der Waals surface area contributed by atoms with E-state index in [9.17, 15) is 9.90 Å². The molecule has 1 saturated carbocycles. The summed E-state index contributed by atoms with van der Waals surface area (Å²) in [7, 11) is 1.41. The van der Waals surface area contributed by atoms with Crippen LogP contribution in [0.1, 0.15) is 32.6 Å². The topological polar surface area (TPSA) is 61.8 Å². The number of methoxy groups -OCH3 is 1. The van der Waals surface area contributed by atoms with Crippen molar-refractivity contribution in [1.82, 2.24) is 10.2 Å². The van der Waals surface area contributed by atoms with Crippen molar-refractivity contribution in [3.8, 4) is 0 Å². The Hall–Kier alpha value is -0.810. The van der Waals surface area contributed by atoms with Crippen molar-refractivity contribution < 1.29 is 14.6 Å². The maximum atomic E-state index is 11.7. The first-order valence-corrected chi connectivity index (χ1v) is 7.34. The molecule has 0 bridgehead atoms. The fourth-order valence-electron chi connectivity index (χ4n) is 2.94. The van der Waals surface area contributed by atoms with Gasteiger partial charge in [0.2, 0.25) is 0 Å². The molecule has 1 aliphatic heterocycles. The van der Waals surface area contributed by atoms with Gasteiger partial charge in [-0.1, -0.05) is 6.42 Å². The molecule has 0 radical (unpaired) electrons. The summed E-state index contributed by atoms with van der Waals surface area (Å²) in [5.74, 6) is 0.935. The van der Waals surface area contributed by atoms with Crippen molar-refractivity contribution in [3.05, 3.63) is 0 Å². The monoisotopic (exact) mass is 270 g/mol. The number of ether oxygens (including phenoxy) is 1. The van der Waals surface area contributed by atoms with Crippen LogP contribution in [0.25, 0.3) is 0 Å². The van der Waals surface area contributed by atoms with Crippen LogP contribution in [0.2, 0.25) is 0 Å². The minimum Gasteiger partial charge on any atom is -0.453 e. The van der Waals surface area contributed by atoms with Crippen molar-refractivity contribution in [1.29, 1.82) is 0 Å². The number of nitrogens with one attached hydrogen (secondary N) is 1. The highest BCUT2D eigenvalue weighted by Crippen LogP contribution is 2.26. The first-order chi connectivity index (χ1) is 9.10. The van der Waals surface area contributed by atoms with Crippen molar-refractivity contribution in [3.63, 3.8) is 0 Å². The smallest absolute Gasteiger partial charge is 0.409 e. The van der Waals surface area contributed by atoms with E-state index in [-0.39, 0.29) is 24.2 Å². The second-order valence-corrected chi connectivity index (χ2v) is 6.01. The quantitative estimate of drug-likeness (QED) is 0.806. The molecule has 1 amide bonds. The van der Waals surface area contributed by atoms with Gasteiger partial charge < -0.3 is 20.1 Å². The molecule has 0 spiro atoms. The van der Waals surface area contributed by atoms with Crippen molar-refractivity contribution in [2.24, 2.45) is 11.8 Å². The SMILES string of the molecule is COC(=O)N1CC(NCC2CCC2)CC(C(C)O)C1. The highest BCUT2D eigenvalue weighted by atomic mass is 16.5. The summed E-state index contributed by atoms with van der Waals surface area (Å²) >= 11 is 0. The summed E-state index contributed by atoms with van der Waals surface area (Å²) in [5.41, 5.74) is 0. The number of nitrogens with zero attached hydrogens (tertiary/aromatic N) is 1. The Kier molecular flexibility index (Phi) is 5.05. The molecule has 5 nitrogen and oxygen atoms in total. The summed E-state index contributed by atoms with van der Waals surface area (Å²) in [6, 6.07) is 0.271. The predicted octanol–water partition coefficient (Wildman–Crippen LogP) is 1.21. The Morgan fingerprint density at radius 3 is 2.74 bits per heavy atom. The molecule has 2 fully saturated rings. The van der Waals surface area contributed by atoms with E-state index in [0.29, 0.717) is 13.1 Å². The van der Waals surface area contributed by atoms with Gasteiger partial charge in [-0.25, -0.2) is 4.79 Å². The van der Waals surface area contributed by atoms with Crippen molar-refractivity contribution >= 4 is 6.09 Å². The summed E-state index contributed by atoms with van der Waals surface area (Å²) in [4.78, 5) is 13.4. The van der Waals surface area contributed by atoms with Gasteiger partial charge in [0.1, 0.15) is 0 Å². The van der Waals surface area contributed by atoms with Crippen LogP contribution < -0.4 is 5.32 Å². The van der Waals surface area contributed by atoms with Gasteiger partial charge in [-0.05, 0) is 38.6 Å². The summed E-state index contributed by atoms with van der Waals surface area (Å²) in [6.07, 6.45) is 4.24. The van der Waals surface area contributed by atoms with Gasteiger partial charge in [0.05, 0.1) is 13.2 Å². The van der Waals surface area contributed by atoms with Gasteiger partial charge in [0.15, 0.2) is 0 Å². The van der Waals surface area contributed by atoms with Crippen LogP contribution in [0.5, 0.6) is 0 Å². The number of aliphatic hydroxyl groups excluding tert-OH is 1. The maximum Gasteiger partial charge on any atom is 0.409 e. The van der Waals surface area contributed by atoms with Crippen LogP contribution in [-0.2, 0) is 4.74 Å². The average Bonchev–Trinajstić information content (AvgIpc) is 2.35. The molecule has 3 unspecified atom stereocenters. The minimum atomic E-state index is -0.388. The Labute approximate surface area is 115 Å². The van der Waals surface area contributed by atoms with Crippen LogP contribution >= 0.6 is 0 Å². The fraction of sp³-hybridized carbons (Fsp3) is 0.929. The Balaban J connectivity index is 1.87. The zero-order chi connectivity index (χ0) is 13.8. The molecular weight excluding hydrogens is 244 g/mol. The van der Waals surface area contributed by atoms with Gasteiger partial charge in [-0.2, -0.15) is 0 Å². The minimum absolute atomic E-state index is 0.131. The summed E-state index contributed by atoms with van der Waals surface area (Å²) < 4.78 is 4.80. The molecule has 0 aromatic carbocycles. The molecule has 2 N–H and O–H groups in total. The Morgan fingerprint density at radius 2 is 2.21 bits per heavy atom. The second-order valence-electron chi connectivity index (χ2n) is 6.01. The molecule has 0 aromatic rings. The molecule has 2 aliphatic rings. The molecular formula is C14H26N2O3. The molecule has 5 heteroatoms. The molecule has 1 aliphatic carbocycles. The first kappa shape index (κ1) is 14.6. The lowest BCUT2D eigenvalue weighted by Crippen LogP contribution is -2.54. The third kappa shape index (κ3) is 3.83. The van der Waals surface area contributed by atoms with Crippen LogP contribution in [0.4, 0.5) is 4.79 Å². The van der Waals surface area contributed by atoms with E-state index in [1.54, 1.807) is 11.8 Å². The summed E-state index contributed by atoms with van der Waals surface area (Å²) in [5, 5.41) is 13.4. The predicted molar refractivity (Wildman–Crippen MR) is 72.9 cm³/mol. The van der Waals surface area contributed by atoms with Gasteiger partial charge in [0, 0.05) is 25.0 Å². The van der Waals surface area contributed by atoms with E-state index in [2.05, 4.69) is 5.32 Å². The van der Waals surface area contributed by atoms with Crippen molar-refractivity contribution in [2.75, 3.05) is 26.7 Å². The number of amides is 1. The third-order valence-corrected chi connectivity index (χ3v) is 4.52. The number of carbonyl (C=O) groups is 1. The van der Waals surface area contributed by atoms with Gasteiger partial charge in [0.25, 0.3) is 0 Å². The normalized spacial score (nSPS) is 29.7. The Bertz CT molecular complexity index is 305. The molecule has 110 valence electrons. The van der Waals surface area contributed by atoms with Gasteiger partial charge >= 0.3 is 6.09 Å². The number of rotatable bonds is 4. The lowest BCUT2D eigenvalue weighted by Gasteiger charge is -2.39. The van der Waals surface area contributed by atoms with E-state index in [0.717, 1.165) is 18.9 Å². The highest BCUT2D eigenvalue weighted by Gasteiger charge is 2.33. The largest absolute Gasteiger partial charge is 0.453 e. The average molecular weight is 270 g/mol. The zero-order valence-electron chi connectivity index (χ0n) is 12.0.